The van der Waals surface area contributed by atoms with Crippen molar-refractivity contribution in [1.29, 1.82) is 0 Å². The minimum absolute atomic E-state index is 0.873. The first kappa shape index (κ1) is 12.7. The maximum atomic E-state index is 4.34. The van der Waals surface area contributed by atoms with Crippen molar-refractivity contribution in [3.63, 3.8) is 0 Å². The van der Waals surface area contributed by atoms with Crippen molar-refractivity contribution in [3.8, 4) is 11.3 Å². The Balaban J connectivity index is 1.96. The molecule has 0 fully saturated rings. The van der Waals surface area contributed by atoms with Gasteiger partial charge in [0.2, 0.25) is 0 Å². The van der Waals surface area contributed by atoms with Crippen molar-refractivity contribution in [3.05, 3.63) is 42.7 Å². The third kappa shape index (κ3) is 2.50. The quantitative estimate of drug-likeness (QED) is 0.690. The Morgan fingerprint density at radius 1 is 1.15 bits per heavy atom. The molecule has 3 rings (SSSR count). The van der Waals surface area contributed by atoms with E-state index in [-0.39, 0.29) is 0 Å². The number of unbranched alkanes of at least 4 members (excludes halogenated alkanes) is 1. The minimum Gasteiger partial charge on any atom is -0.369 e. The molecular weight excluding hydrogens is 248 g/mol. The van der Waals surface area contributed by atoms with E-state index in [0.717, 1.165) is 41.1 Å². The smallest absolute Gasteiger partial charge is 0.143 e. The normalized spacial score (nSPS) is 10.8. The average molecular weight is 266 g/mol. The molecule has 0 atom stereocenters. The maximum Gasteiger partial charge on any atom is 0.143 e. The highest BCUT2D eigenvalue weighted by Crippen LogP contribution is 2.26. The highest BCUT2D eigenvalue weighted by molar-refractivity contribution is 5.91. The number of aromatic nitrogens is 3. The fourth-order valence-electron chi connectivity index (χ4n) is 2.24. The van der Waals surface area contributed by atoms with Crippen LogP contribution in [0.25, 0.3) is 22.3 Å². The molecule has 0 aliphatic heterocycles. The van der Waals surface area contributed by atoms with Crippen LogP contribution in [-0.4, -0.2) is 21.5 Å². The summed E-state index contributed by atoms with van der Waals surface area (Å²) in [6.45, 7) is 3.12. The number of anilines is 1. The van der Waals surface area contributed by atoms with Crippen molar-refractivity contribution in [2.45, 2.75) is 19.8 Å². The molecule has 0 unspecified atom stereocenters. The molecule has 0 aliphatic rings. The molecule has 1 aromatic carbocycles. The highest BCUT2D eigenvalue weighted by atomic mass is 15.0. The summed E-state index contributed by atoms with van der Waals surface area (Å²) in [5.41, 5.74) is 3.10. The molecule has 0 saturated heterocycles. The molecule has 2 aromatic heterocycles. The van der Waals surface area contributed by atoms with Crippen LogP contribution in [0.4, 0.5) is 5.82 Å². The number of benzene rings is 1. The number of nitrogens with one attached hydrogen (secondary N) is 2. The lowest BCUT2D eigenvalue weighted by Crippen LogP contribution is -2.03. The summed E-state index contributed by atoms with van der Waals surface area (Å²) in [7, 11) is 0. The van der Waals surface area contributed by atoms with Gasteiger partial charge in [0.1, 0.15) is 17.8 Å². The number of rotatable bonds is 5. The van der Waals surface area contributed by atoms with Crippen LogP contribution in [0, 0.1) is 0 Å². The molecular formula is C16H18N4. The Labute approximate surface area is 118 Å². The van der Waals surface area contributed by atoms with E-state index >= 15 is 0 Å². The maximum absolute atomic E-state index is 4.34. The Morgan fingerprint density at radius 3 is 2.80 bits per heavy atom. The summed E-state index contributed by atoms with van der Waals surface area (Å²) in [4.78, 5) is 12.0. The molecule has 0 amide bonds. The Morgan fingerprint density at radius 2 is 2.00 bits per heavy atom. The van der Waals surface area contributed by atoms with Gasteiger partial charge in [-0.15, -0.1) is 0 Å². The second kappa shape index (κ2) is 5.74. The van der Waals surface area contributed by atoms with Gasteiger partial charge in [-0.2, -0.15) is 0 Å². The number of hydrogen-bond donors (Lipinski definition) is 2. The van der Waals surface area contributed by atoms with Gasteiger partial charge in [-0.1, -0.05) is 43.7 Å². The second-order valence-corrected chi connectivity index (χ2v) is 4.81. The SMILES string of the molecule is CCCCNc1ncnc2[nH]c(-c3ccccc3)cc12. The van der Waals surface area contributed by atoms with Gasteiger partial charge < -0.3 is 10.3 Å². The summed E-state index contributed by atoms with van der Waals surface area (Å²) in [6.07, 6.45) is 3.91. The molecule has 0 radical (unpaired) electrons. The zero-order valence-electron chi connectivity index (χ0n) is 11.6. The predicted molar refractivity (Wildman–Crippen MR) is 82.7 cm³/mol. The van der Waals surface area contributed by atoms with E-state index in [1.165, 1.54) is 6.42 Å². The molecule has 0 spiro atoms. The molecule has 20 heavy (non-hydrogen) atoms. The third-order valence-electron chi connectivity index (χ3n) is 3.33. The van der Waals surface area contributed by atoms with Crippen LogP contribution in [0.1, 0.15) is 19.8 Å². The molecule has 2 N–H and O–H groups in total. The average Bonchev–Trinajstić information content (AvgIpc) is 2.93. The van der Waals surface area contributed by atoms with E-state index in [1.54, 1.807) is 6.33 Å². The van der Waals surface area contributed by atoms with E-state index in [1.807, 2.05) is 18.2 Å². The highest BCUT2D eigenvalue weighted by Gasteiger charge is 2.08. The van der Waals surface area contributed by atoms with Gasteiger partial charge in [-0.05, 0) is 18.1 Å². The molecule has 0 bridgehead atoms. The van der Waals surface area contributed by atoms with E-state index in [4.69, 9.17) is 0 Å². The lowest BCUT2D eigenvalue weighted by molar-refractivity contribution is 0.831. The van der Waals surface area contributed by atoms with Crippen molar-refractivity contribution in [1.82, 2.24) is 15.0 Å². The second-order valence-electron chi connectivity index (χ2n) is 4.81. The van der Waals surface area contributed by atoms with Crippen molar-refractivity contribution in [2.75, 3.05) is 11.9 Å². The summed E-state index contributed by atoms with van der Waals surface area (Å²) < 4.78 is 0. The molecule has 0 saturated carbocycles. The summed E-state index contributed by atoms with van der Waals surface area (Å²) in [6, 6.07) is 12.4. The van der Waals surface area contributed by atoms with Gasteiger partial charge in [0.15, 0.2) is 0 Å². The van der Waals surface area contributed by atoms with Gasteiger partial charge in [-0.25, -0.2) is 9.97 Å². The number of aromatic amines is 1. The molecule has 102 valence electrons. The molecule has 2 heterocycles. The molecule has 4 heteroatoms. The van der Waals surface area contributed by atoms with Crippen LogP contribution in [0.3, 0.4) is 0 Å². The van der Waals surface area contributed by atoms with Gasteiger partial charge >= 0.3 is 0 Å². The van der Waals surface area contributed by atoms with E-state index in [0.29, 0.717) is 0 Å². The molecule has 3 aromatic rings. The zero-order chi connectivity index (χ0) is 13.8. The lowest BCUT2D eigenvalue weighted by Gasteiger charge is -2.04. The summed E-state index contributed by atoms with van der Waals surface area (Å²) >= 11 is 0. The van der Waals surface area contributed by atoms with Crippen molar-refractivity contribution in [2.24, 2.45) is 0 Å². The Bertz CT molecular complexity index is 688. The fraction of sp³-hybridized carbons (Fsp3) is 0.250. The molecule has 0 aliphatic carbocycles. The van der Waals surface area contributed by atoms with Gasteiger partial charge in [-0.3, -0.25) is 0 Å². The predicted octanol–water partition coefficient (Wildman–Crippen LogP) is 3.84. The largest absolute Gasteiger partial charge is 0.369 e. The lowest BCUT2D eigenvalue weighted by atomic mass is 10.1. The van der Waals surface area contributed by atoms with E-state index in [9.17, 15) is 0 Å². The number of hydrogen-bond acceptors (Lipinski definition) is 3. The van der Waals surface area contributed by atoms with Crippen LogP contribution in [-0.2, 0) is 0 Å². The van der Waals surface area contributed by atoms with Crippen LogP contribution in [0.15, 0.2) is 42.7 Å². The number of H-pyrrole nitrogens is 1. The van der Waals surface area contributed by atoms with Crippen LogP contribution >= 0.6 is 0 Å². The van der Waals surface area contributed by atoms with Gasteiger partial charge in [0.25, 0.3) is 0 Å². The first-order chi connectivity index (χ1) is 9.88. The van der Waals surface area contributed by atoms with Gasteiger partial charge in [0.05, 0.1) is 5.39 Å². The molecule has 4 nitrogen and oxygen atoms in total. The summed E-state index contributed by atoms with van der Waals surface area (Å²) in [5.74, 6) is 0.905. The van der Waals surface area contributed by atoms with E-state index < -0.39 is 0 Å². The summed E-state index contributed by atoms with van der Waals surface area (Å²) in [5, 5.41) is 4.43. The number of nitrogens with zero attached hydrogens (tertiary/aromatic N) is 2. The first-order valence-electron chi connectivity index (χ1n) is 7.01. The van der Waals surface area contributed by atoms with Crippen LogP contribution in [0.5, 0.6) is 0 Å². The topological polar surface area (TPSA) is 53.6 Å². The monoisotopic (exact) mass is 266 g/mol. The van der Waals surface area contributed by atoms with E-state index in [2.05, 4.69) is 45.4 Å². The third-order valence-corrected chi connectivity index (χ3v) is 3.33. The minimum atomic E-state index is 0.873. The van der Waals surface area contributed by atoms with Crippen LogP contribution < -0.4 is 5.32 Å². The van der Waals surface area contributed by atoms with Crippen molar-refractivity contribution < 1.29 is 0 Å². The Hall–Kier alpha value is -2.36. The van der Waals surface area contributed by atoms with Crippen LogP contribution in [0.2, 0.25) is 0 Å². The van der Waals surface area contributed by atoms with Crippen molar-refractivity contribution >= 4 is 16.9 Å². The standard InChI is InChI=1S/C16H18N4/c1-2-3-9-17-15-13-10-14(12-7-5-4-6-8-12)20-16(13)19-11-18-15/h4-8,10-11H,2-3,9H2,1H3,(H2,17,18,19,20). The van der Waals surface area contributed by atoms with Gasteiger partial charge in [0, 0.05) is 12.2 Å². The number of fused-ring (bicyclic) bond motifs is 1. The first-order valence-corrected chi connectivity index (χ1v) is 7.01. The Kier molecular flexibility index (Phi) is 3.63. The zero-order valence-corrected chi connectivity index (χ0v) is 11.6. The fourth-order valence-corrected chi connectivity index (χ4v) is 2.24.